The predicted octanol–water partition coefficient (Wildman–Crippen LogP) is 1.61. The molecule has 0 atom stereocenters. The van der Waals surface area contributed by atoms with Crippen LogP contribution in [-0.4, -0.2) is 31.1 Å². The molecule has 0 heterocycles. The van der Waals surface area contributed by atoms with E-state index in [0.717, 1.165) is 19.4 Å². The van der Waals surface area contributed by atoms with Crippen molar-refractivity contribution in [3.63, 3.8) is 0 Å². The van der Waals surface area contributed by atoms with Crippen molar-refractivity contribution in [1.29, 1.82) is 0 Å². The highest BCUT2D eigenvalue weighted by atomic mass is 16.2. The van der Waals surface area contributed by atoms with Gasteiger partial charge in [-0.3, -0.25) is 0 Å². The third kappa shape index (κ3) is 4.77. The summed E-state index contributed by atoms with van der Waals surface area (Å²) in [5, 5.41) is 2.71. The molecule has 0 aromatic heterocycles. The van der Waals surface area contributed by atoms with Crippen LogP contribution in [0.5, 0.6) is 0 Å². The Kier molecular flexibility index (Phi) is 6.15. The van der Waals surface area contributed by atoms with E-state index in [2.05, 4.69) is 18.8 Å². The van der Waals surface area contributed by atoms with Gasteiger partial charge < -0.3 is 10.2 Å². The van der Waals surface area contributed by atoms with Gasteiger partial charge in [-0.05, 0) is 6.42 Å². The third-order valence-corrected chi connectivity index (χ3v) is 1.59. The SMILES string of the molecule is C=CCNC(=O)N(C)CCCC. The molecule has 0 aromatic carbocycles. The lowest BCUT2D eigenvalue weighted by Gasteiger charge is -2.16. The van der Waals surface area contributed by atoms with Gasteiger partial charge in [0.25, 0.3) is 0 Å². The molecule has 0 rings (SSSR count). The Morgan fingerprint density at radius 2 is 2.33 bits per heavy atom. The van der Waals surface area contributed by atoms with E-state index in [1.807, 2.05) is 0 Å². The van der Waals surface area contributed by atoms with E-state index in [9.17, 15) is 4.79 Å². The summed E-state index contributed by atoms with van der Waals surface area (Å²) in [5.74, 6) is 0. The van der Waals surface area contributed by atoms with Gasteiger partial charge in [-0.15, -0.1) is 6.58 Å². The van der Waals surface area contributed by atoms with Crippen molar-refractivity contribution in [3.05, 3.63) is 12.7 Å². The number of urea groups is 1. The second-order valence-corrected chi connectivity index (χ2v) is 2.75. The van der Waals surface area contributed by atoms with Crippen LogP contribution in [0.3, 0.4) is 0 Å². The van der Waals surface area contributed by atoms with Crippen molar-refractivity contribution >= 4 is 6.03 Å². The quantitative estimate of drug-likeness (QED) is 0.625. The van der Waals surface area contributed by atoms with E-state index in [4.69, 9.17) is 0 Å². The highest BCUT2D eigenvalue weighted by molar-refractivity contribution is 5.73. The summed E-state index contributed by atoms with van der Waals surface area (Å²) in [5.41, 5.74) is 0. The van der Waals surface area contributed by atoms with E-state index in [-0.39, 0.29) is 6.03 Å². The average molecular weight is 170 g/mol. The summed E-state index contributed by atoms with van der Waals surface area (Å²) in [7, 11) is 1.80. The van der Waals surface area contributed by atoms with Gasteiger partial charge in [-0.25, -0.2) is 4.79 Å². The van der Waals surface area contributed by atoms with E-state index in [1.54, 1.807) is 18.0 Å². The summed E-state index contributed by atoms with van der Waals surface area (Å²) < 4.78 is 0. The van der Waals surface area contributed by atoms with Gasteiger partial charge in [0.1, 0.15) is 0 Å². The molecular formula is C9H18N2O. The Balaban J connectivity index is 3.53. The van der Waals surface area contributed by atoms with Crippen molar-refractivity contribution in [3.8, 4) is 0 Å². The zero-order chi connectivity index (χ0) is 9.40. The highest BCUT2D eigenvalue weighted by Crippen LogP contribution is 1.91. The van der Waals surface area contributed by atoms with Gasteiger partial charge in [-0.2, -0.15) is 0 Å². The zero-order valence-corrected chi connectivity index (χ0v) is 7.97. The average Bonchev–Trinajstić information content (AvgIpc) is 2.10. The van der Waals surface area contributed by atoms with Crippen LogP contribution >= 0.6 is 0 Å². The Bertz CT molecular complexity index is 145. The highest BCUT2D eigenvalue weighted by Gasteiger charge is 2.04. The zero-order valence-electron chi connectivity index (χ0n) is 7.97. The van der Waals surface area contributed by atoms with Crippen molar-refractivity contribution in [2.45, 2.75) is 19.8 Å². The fourth-order valence-corrected chi connectivity index (χ4v) is 0.791. The van der Waals surface area contributed by atoms with Crippen molar-refractivity contribution in [2.75, 3.05) is 20.1 Å². The van der Waals surface area contributed by atoms with Crippen molar-refractivity contribution < 1.29 is 4.79 Å². The number of unbranched alkanes of at least 4 members (excludes halogenated alkanes) is 1. The number of nitrogens with zero attached hydrogens (tertiary/aromatic N) is 1. The van der Waals surface area contributed by atoms with Gasteiger partial charge in [-0.1, -0.05) is 19.4 Å². The lowest BCUT2D eigenvalue weighted by atomic mass is 10.3. The van der Waals surface area contributed by atoms with Crippen molar-refractivity contribution in [1.82, 2.24) is 10.2 Å². The molecule has 12 heavy (non-hydrogen) atoms. The largest absolute Gasteiger partial charge is 0.335 e. The van der Waals surface area contributed by atoms with Crippen LogP contribution in [0.4, 0.5) is 4.79 Å². The number of carbonyl (C=O) groups excluding carboxylic acids is 1. The first-order valence-corrected chi connectivity index (χ1v) is 4.32. The molecule has 0 unspecified atom stereocenters. The summed E-state index contributed by atoms with van der Waals surface area (Å²) in [6.07, 6.45) is 3.84. The number of rotatable bonds is 5. The molecule has 2 amide bonds. The minimum absolute atomic E-state index is 0.0247. The predicted molar refractivity (Wildman–Crippen MR) is 51.1 cm³/mol. The van der Waals surface area contributed by atoms with E-state index in [0.29, 0.717) is 6.54 Å². The molecule has 3 heteroatoms. The first-order chi connectivity index (χ1) is 5.72. The molecule has 0 aliphatic heterocycles. The van der Waals surface area contributed by atoms with Crippen LogP contribution in [0.15, 0.2) is 12.7 Å². The van der Waals surface area contributed by atoms with E-state index >= 15 is 0 Å². The molecule has 0 aromatic rings. The second-order valence-electron chi connectivity index (χ2n) is 2.75. The fraction of sp³-hybridized carbons (Fsp3) is 0.667. The lowest BCUT2D eigenvalue weighted by Crippen LogP contribution is -2.37. The van der Waals surface area contributed by atoms with Crippen LogP contribution in [0, 0.1) is 0 Å². The summed E-state index contributed by atoms with van der Waals surface area (Å²) in [6.45, 7) is 6.98. The molecular weight excluding hydrogens is 152 g/mol. The molecule has 70 valence electrons. The van der Waals surface area contributed by atoms with Crippen LogP contribution in [0.25, 0.3) is 0 Å². The number of amides is 2. The topological polar surface area (TPSA) is 32.3 Å². The van der Waals surface area contributed by atoms with Crippen LogP contribution in [-0.2, 0) is 0 Å². The second kappa shape index (κ2) is 6.70. The summed E-state index contributed by atoms with van der Waals surface area (Å²) >= 11 is 0. The van der Waals surface area contributed by atoms with E-state index < -0.39 is 0 Å². The molecule has 0 radical (unpaired) electrons. The minimum atomic E-state index is -0.0247. The molecule has 0 bridgehead atoms. The maximum absolute atomic E-state index is 11.2. The standard InChI is InChI=1S/C9H18N2O/c1-4-6-8-11(3)9(12)10-7-5-2/h5H,2,4,6-8H2,1,3H3,(H,10,12). The van der Waals surface area contributed by atoms with Gasteiger partial charge in [0.15, 0.2) is 0 Å². The first kappa shape index (κ1) is 11.0. The smallest absolute Gasteiger partial charge is 0.317 e. The van der Waals surface area contributed by atoms with Crippen molar-refractivity contribution in [2.24, 2.45) is 0 Å². The number of hydrogen-bond donors (Lipinski definition) is 1. The normalized spacial score (nSPS) is 9.17. The number of hydrogen-bond acceptors (Lipinski definition) is 1. The summed E-state index contributed by atoms with van der Waals surface area (Å²) in [6, 6.07) is -0.0247. The van der Waals surface area contributed by atoms with Gasteiger partial charge in [0.05, 0.1) is 0 Å². The van der Waals surface area contributed by atoms with Gasteiger partial charge in [0.2, 0.25) is 0 Å². The fourth-order valence-electron chi connectivity index (χ4n) is 0.791. The molecule has 1 N–H and O–H groups in total. The maximum atomic E-state index is 11.2. The Labute approximate surface area is 74.4 Å². The Hall–Kier alpha value is -0.990. The number of carbonyl (C=O) groups is 1. The molecule has 0 fully saturated rings. The van der Waals surface area contributed by atoms with Crippen LogP contribution in [0.2, 0.25) is 0 Å². The molecule has 0 saturated carbocycles. The Morgan fingerprint density at radius 1 is 1.67 bits per heavy atom. The van der Waals surface area contributed by atoms with Crippen LogP contribution in [0.1, 0.15) is 19.8 Å². The van der Waals surface area contributed by atoms with E-state index in [1.165, 1.54) is 0 Å². The minimum Gasteiger partial charge on any atom is -0.335 e. The summed E-state index contributed by atoms with van der Waals surface area (Å²) in [4.78, 5) is 12.9. The van der Waals surface area contributed by atoms with Gasteiger partial charge in [0, 0.05) is 20.1 Å². The lowest BCUT2D eigenvalue weighted by molar-refractivity contribution is 0.209. The van der Waals surface area contributed by atoms with Gasteiger partial charge >= 0.3 is 6.03 Å². The maximum Gasteiger partial charge on any atom is 0.317 e. The third-order valence-electron chi connectivity index (χ3n) is 1.59. The Morgan fingerprint density at radius 3 is 2.83 bits per heavy atom. The molecule has 0 aliphatic rings. The molecule has 3 nitrogen and oxygen atoms in total. The molecule has 0 aliphatic carbocycles. The molecule has 0 saturated heterocycles. The monoisotopic (exact) mass is 170 g/mol. The number of nitrogens with one attached hydrogen (secondary N) is 1. The van der Waals surface area contributed by atoms with Crippen LogP contribution < -0.4 is 5.32 Å². The molecule has 0 spiro atoms. The first-order valence-electron chi connectivity index (χ1n) is 4.32.